The van der Waals surface area contributed by atoms with E-state index >= 15 is 0 Å². The smallest absolute Gasteiger partial charge is 0.226 e. The van der Waals surface area contributed by atoms with Crippen molar-refractivity contribution < 1.29 is 4.79 Å². The maximum Gasteiger partial charge on any atom is 0.226 e. The average Bonchev–Trinajstić information content (AvgIpc) is 3.18. The lowest BCUT2D eigenvalue weighted by molar-refractivity contribution is -0.159. The van der Waals surface area contributed by atoms with Gasteiger partial charge >= 0.3 is 0 Å². The van der Waals surface area contributed by atoms with Crippen LogP contribution in [0.3, 0.4) is 0 Å². The molecule has 9 rings (SSSR count). The SMILES string of the molecule is O=C(NC1C2CC3CC(C2)CC1C3)C12CC3CC(C1)CC(n1cncn1)(C3)C2. The first-order chi connectivity index (χ1) is 13.6. The molecule has 0 aromatic carbocycles. The molecule has 150 valence electrons. The number of carbonyl (C=O) groups excluding carboxylic acids is 1. The molecule has 8 fully saturated rings. The van der Waals surface area contributed by atoms with Gasteiger partial charge in [0.25, 0.3) is 0 Å². The minimum atomic E-state index is -0.148. The first-order valence-electron chi connectivity index (χ1n) is 11.8. The van der Waals surface area contributed by atoms with Crippen molar-refractivity contribution in [2.24, 2.45) is 40.9 Å². The Morgan fingerprint density at radius 1 is 0.893 bits per heavy atom. The molecule has 1 N–H and O–H groups in total. The van der Waals surface area contributed by atoms with Crippen molar-refractivity contribution in [3.8, 4) is 0 Å². The predicted octanol–water partition coefficient (Wildman–Crippen LogP) is 3.51. The van der Waals surface area contributed by atoms with Crippen LogP contribution < -0.4 is 5.32 Å². The molecule has 1 amide bonds. The zero-order valence-corrected chi connectivity index (χ0v) is 16.7. The molecular formula is C23H32N4O. The molecule has 0 saturated heterocycles. The van der Waals surface area contributed by atoms with Crippen LogP contribution in [0.25, 0.3) is 0 Å². The first kappa shape index (κ1) is 16.4. The topological polar surface area (TPSA) is 59.8 Å². The fourth-order valence-electron chi connectivity index (χ4n) is 9.67. The Labute approximate surface area is 167 Å². The molecule has 2 atom stereocenters. The van der Waals surface area contributed by atoms with Crippen LogP contribution in [-0.4, -0.2) is 26.7 Å². The lowest BCUT2D eigenvalue weighted by atomic mass is 9.46. The highest BCUT2D eigenvalue weighted by molar-refractivity contribution is 5.83. The van der Waals surface area contributed by atoms with Gasteiger partial charge in [-0.1, -0.05) is 0 Å². The second-order valence-electron chi connectivity index (χ2n) is 11.7. The number of amides is 1. The predicted molar refractivity (Wildman–Crippen MR) is 104 cm³/mol. The molecule has 0 radical (unpaired) electrons. The summed E-state index contributed by atoms with van der Waals surface area (Å²) in [6.45, 7) is 0. The molecular weight excluding hydrogens is 348 g/mol. The third-order valence-electron chi connectivity index (χ3n) is 9.94. The summed E-state index contributed by atoms with van der Waals surface area (Å²) < 4.78 is 2.12. The summed E-state index contributed by atoms with van der Waals surface area (Å²) in [6, 6.07) is 0.468. The van der Waals surface area contributed by atoms with Gasteiger partial charge in [-0.15, -0.1) is 0 Å². The summed E-state index contributed by atoms with van der Waals surface area (Å²) in [5.41, 5.74) is -0.104. The zero-order valence-electron chi connectivity index (χ0n) is 16.7. The van der Waals surface area contributed by atoms with Gasteiger partial charge in [0.05, 0.1) is 11.0 Å². The van der Waals surface area contributed by atoms with Crippen LogP contribution in [0, 0.1) is 40.9 Å². The molecule has 1 heterocycles. The van der Waals surface area contributed by atoms with Crippen molar-refractivity contribution in [1.29, 1.82) is 0 Å². The van der Waals surface area contributed by atoms with Gasteiger partial charge in [-0.2, -0.15) is 5.10 Å². The maximum absolute atomic E-state index is 13.8. The minimum absolute atomic E-state index is 0.0436. The zero-order chi connectivity index (χ0) is 18.5. The van der Waals surface area contributed by atoms with Gasteiger partial charge in [0.1, 0.15) is 12.7 Å². The fraction of sp³-hybridized carbons (Fsp3) is 0.870. The molecule has 5 nitrogen and oxygen atoms in total. The second kappa shape index (κ2) is 5.40. The van der Waals surface area contributed by atoms with E-state index in [1.165, 1.54) is 51.4 Å². The fourth-order valence-corrected chi connectivity index (χ4v) is 9.67. The number of nitrogens with zero attached hydrogens (tertiary/aromatic N) is 3. The summed E-state index contributed by atoms with van der Waals surface area (Å²) >= 11 is 0. The van der Waals surface area contributed by atoms with E-state index in [1.54, 1.807) is 6.33 Å². The van der Waals surface area contributed by atoms with E-state index in [2.05, 4.69) is 20.1 Å². The summed E-state index contributed by atoms with van der Waals surface area (Å²) in [7, 11) is 0. The van der Waals surface area contributed by atoms with Gasteiger partial charge in [-0.3, -0.25) is 4.79 Å². The number of aromatic nitrogens is 3. The van der Waals surface area contributed by atoms with E-state index in [0.29, 0.717) is 23.8 Å². The third kappa shape index (κ3) is 2.16. The normalized spacial score (nSPS) is 52.9. The molecule has 0 aliphatic heterocycles. The van der Waals surface area contributed by atoms with E-state index < -0.39 is 0 Å². The molecule has 8 saturated carbocycles. The standard InChI is InChI=1S/C23H32N4O/c28-21(26-20-18-3-14-1-15(5-18)6-19(20)4-14)22-7-16-2-17(8-22)10-23(9-16,11-22)27-13-24-12-25-27/h12-20H,1-11H2,(H,26,28). The highest BCUT2D eigenvalue weighted by atomic mass is 16.2. The van der Waals surface area contributed by atoms with Crippen LogP contribution in [0.5, 0.6) is 0 Å². The number of carbonyl (C=O) groups is 1. The van der Waals surface area contributed by atoms with Gasteiger partial charge in [0.15, 0.2) is 0 Å². The summed E-state index contributed by atoms with van der Waals surface area (Å²) in [5, 5.41) is 8.24. The van der Waals surface area contributed by atoms with Crippen molar-refractivity contribution >= 4 is 5.91 Å². The monoisotopic (exact) mass is 380 g/mol. The van der Waals surface area contributed by atoms with Crippen LogP contribution in [0.1, 0.15) is 70.6 Å². The van der Waals surface area contributed by atoms with Crippen molar-refractivity contribution in [1.82, 2.24) is 20.1 Å². The van der Waals surface area contributed by atoms with Crippen LogP contribution in [0.2, 0.25) is 0 Å². The van der Waals surface area contributed by atoms with Crippen LogP contribution in [0.15, 0.2) is 12.7 Å². The average molecular weight is 381 g/mol. The van der Waals surface area contributed by atoms with E-state index in [4.69, 9.17) is 0 Å². The highest BCUT2D eigenvalue weighted by Crippen LogP contribution is 2.64. The van der Waals surface area contributed by atoms with Crippen molar-refractivity contribution in [3.05, 3.63) is 12.7 Å². The van der Waals surface area contributed by atoms with E-state index in [1.807, 2.05) is 6.33 Å². The Bertz CT molecular complexity index is 760. The van der Waals surface area contributed by atoms with E-state index in [-0.39, 0.29) is 11.0 Å². The molecule has 8 aliphatic carbocycles. The lowest BCUT2D eigenvalue weighted by Gasteiger charge is -2.61. The van der Waals surface area contributed by atoms with Gasteiger partial charge in [-0.25, -0.2) is 9.67 Å². The Hall–Kier alpha value is -1.39. The molecule has 8 bridgehead atoms. The van der Waals surface area contributed by atoms with Crippen molar-refractivity contribution in [2.75, 3.05) is 0 Å². The largest absolute Gasteiger partial charge is 0.352 e. The Morgan fingerprint density at radius 2 is 1.54 bits per heavy atom. The molecule has 1 aromatic heterocycles. The molecule has 2 unspecified atom stereocenters. The Morgan fingerprint density at radius 3 is 2.14 bits per heavy atom. The van der Waals surface area contributed by atoms with Gasteiger partial charge in [-0.05, 0) is 106 Å². The van der Waals surface area contributed by atoms with Crippen molar-refractivity contribution in [2.45, 2.75) is 82.2 Å². The van der Waals surface area contributed by atoms with Crippen LogP contribution in [0.4, 0.5) is 0 Å². The summed E-state index contributed by atoms with van der Waals surface area (Å²) in [6.07, 6.45) is 17.4. The highest BCUT2D eigenvalue weighted by Gasteiger charge is 2.62. The quantitative estimate of drug-likeness (QED) is 0.873. The minimum Gasteiger partial charge on any atom is -0.352 e. The number of hydrogen-bond donors (Lipinski definition) is 1. The second-order valence-corrected chi connectivity index (χ2v) is 11.7. The molecule has 28 heavy (non-hydrogen) atoms. The number of nitrogens with one attached hydrogen (secondary N) is 1. The molecule has 5 heteroatoms. The molecule has 0 spiro atoms. The van der Waals surface area contributed by atoms with Crippen molar-refractivity contribution in [3.63, 3.8) is 0 Å². The summed E-state index contributed by atoms with van der Waals surface area (Å²) in [4.78, 5) is 18.1. The molecule has 1 aromatic rings. The number of rotatable bonds is 3. The maximum atomic E-state index is 13.8. The Balaban J connectivity index is 1.17. The van der Waals surface area contributed by atoms with E-state index in [9.17, 15) is 4.79 Å². The van der Waals surface area contributed by atoms with E-state index in [0.717, 1.165) is 42.9 Å². The van der Waals surface area contributed by atoms with Crippen LogP contribution in [-0.2, 0) is 10.3 Å². The van der Waals surface area contributed by atoms with Gasteiger partial charge < -0.3 is 5.32 Å². The lowest BCUT2D eigenvalue weighted by Crippen LogP contribution is -2.64. The van der Waals surface area contributed by atoms with Gasteiger partial charge in [0.2, 0.25) is 5.91 Å². The van der Waals surface area contributed by atoms with Gasteiger partial charge in [0, 0.05) is 6.04 Å². The number of hydrogen-bond acceptors (Lipinski definition) is 3. The Kier molecular flexibility index (Phi) is 3.16. The molecule has 8 aliphatic rings. The third-order valence-corrected chi connectivity index (χ3v) is 9.94. The summed E-state index contributed by atoms with van der Waals surface area (Å²) in [5.74, 6) is 5.24. The first-order valence-corrected chi connectivity index (χ1v) is 11.8. The van der Waals surface area contributed by atoms with Crippen LogP contribution >= 0.6 is 0 Å².